The minimum Gasteiger partial charge on any atom is -0.494 e. The molecule has 36 heavy (non-hydrogen) atoms. The number of aryl methyl sites for hydroxylation is 3. The van der Waals surface area contributed by atoms with Crippen LogP contribution in [0.1, 0.15) is 34.9 Å². The molecule has 7 nitrogen and oxygen atoms in total. The van der Waals surface area contributed by atoms with Gasteiger partial charge in [-0.2, -0.15) is 5.10 Å². The zero-order valence-corrected chi connectivity index (χ0v) is 21.7. The number of thiophene rings is 1. The van der Waals surface area contributed by atoms with Gasteiger partial charge in [0, 0.05) is 4.88 Å². The van der Waals surface area contributed by atoms with Gasteiger partial charge in [0.25, 0.3) is 11.5 Å². The molecule has 184 valence electrons. The van der Waals surface area contributed by atoms with Crippen LogP contribution >= 0.6 is 23.1 Å². The van der Waals surface area contributed by atoms with Crippen molar-refractivity contribution in [3.8, 4) is 11.4 Å². The highest BCUT2D eigenvalue weighted by atomic mass is 32.2. The molecule has 4 aromatic rings. The first kappa shape index (κ1) is 24.3. The average molecular weight is 519 g/mol. The minimum absolute atomic E-state index is 0.0747. The summed E-state index contributed by atoms with van der Waals surface area (Å²) >= 11 is 2.82. The normalized spacial score (nSPS) is 12.8. The van der Waals surface area contributed by atoms with Crippen molar-refractivity contribution in [2.75, 3.05) is 12.4 Å². The highest BCUT2D eigenvalue weighted by Crippen LogP contribution is 2.36. The van der Waals surface area contributed by atoms with Crippen LogP contribution in [-0.2, 0) is 17.6 Å². The lowest BCUT2D eigenvalue weighted by Gasteiger charge is -2.13. The monoisotopic (exact) mass is 518 g/mol. The van der Waals surface area contributed by atoms with Crippen LogP contribution < -0.4 is 15.7 Å². The number of carbonyl (C=O) groups excluding carboxylic acids is 1. The van der Waals surface area contributed by atoms with Crippen molar-refractivity contribution in [1.82, 2.24) is 15.0 Å². The van der Waals surface area contributed by atoms with E-state index in [1.807, 2.05) is 62.4 Å². The molecule has 0 bridgehead atoms. The highest BCUT2D eigenvalue weighted by molar-refractivity contribution is 7.99. The van der Waals surface area contributed by atoms with E-state index in [1.165, 1.54) is 16.6 Å². The Morgan fingerprint density at radius 3 is 2.72 bits per heavy atom. The molecule has 9 heteroatoms. The number of hydrogen-bond donors (Lipinski definition) is 1. The summed E-state index contributed by atoms with van der Waals surface area (Å²) in [6, 6.07) is 15.2. The molecular formula is C27H26N4O3S2. The third-order valence-electron chi connectivity index (χ3n) is 5.93. The Morgan fingerprint density at radius 2 is 1.97 bits per heavy atom. The smallest absolute Gasteiger partial charge is 0.267 e. The maximum absolute atomic E-state index is 13.7. The summed E-state index contributed by atoms with van der Waals surface area (Å²) < 4.78 is 7.16. The van der Waals surface area contributed by atoms with Gasteiger partial charge >= 0.3 is 0 Å². The standard InChI is InChI=1S/C27H26N4O3S2/c1-3-34-20-13-11-19(12-14-20)31-26(33)24-21-5-4-6-22(21)36-25(24)29-27(31)35-16-23(32)30-28-15-18-9-7-17(2)8-10-18/h7-15H,3-6,16H2,1-2H3,(H,30,32). The number of rotatable bonds is 8. The molecular weight excluding hydrogens is 492 g/mol. The zero-order chi connectivity index (χ0) is 25.1. The first-order valence-electron chi connectivity index (χ1n) is 11.9. The van der Waals surface area contributed by atoms with E-state index in [0.29, 0.717) is 22.8 Å². The van der Waals surface area contributed by atoms with Crippen LogP contribution in [0.4, 0.5) is 0 Å². The topological polar surface area (TPSA) is 85.6 Å². The fourth-order valence-electron chi connectivity index (χ4n) is 4.20. The van der Waals surface area contributed by atoms with Gasteiger partial charge in [-0.1, -0.05) is 41.6 Å². The first-order chi connectivity index (χ1) is 17.5. The summed E-state index contributed by atoms with van der Waals surface area (Å²) in [7, 11) is 0. The van der Waals surface area contributed by atoms with Crippen molar-refractivity contribution in [2.45, 2.75) is 38.3 Å². The van der Waals surface area contributed by atoms with Crippen LogP contribution in [-0.4, -0.2) is 34.0 Å². The summed E-state index contributed by atoms with van der Waals surface area (Å²) in [6.07, 6.45) is 4.57. The van der Waals surface area contributed by atoms with E-state index in [9.17, 15) is 9.59 Å². The van der Waals surface area contributed by atoms with Crippen LogP contribution in [0.3, 0.4) is 0 Å². The molecule has 1 aliphatic carbocycles. The van der Waals surface area contributed by atoms with Crippen molar-refractivity contribution in [3.63, 3.8) is 0 Å². The lowest BCUT2D eigenvalue weighted by molar-refractivity contribution is -0.118. The Bertz CT molecular complexity index is 1490. The third-order valence-corrected chi connectivity index (χ3v) is 8.05. The molecule has 0 unspecified atom stereocenters. The molecule has 0 spiro atoms. The molecule has 0 atom stereocenters. The molecule has 1 N–H and O–H groups in total. The van der Waals surface area contributed by atoms with Gasteiger partial charge in [-0.25, -0.2) is 10.4 Å². The third kappa shape index (κ3) is 5.08. The predicted molar refractivity (Wildman–Crippen MR) is 146 cm³/mol. The number of carbonyl (C=O) groups is 1. The van der Waals surface area contributed by atoms with Gasteiger partial charge in [0.1, 0.15) is 10.6 Å². The number of fused-ring (bicyclic) bond motifs is 3. The summed E-state index contributed by atoms with van der Waals surface area (Å²) in [4.78, 5) is 33.1. The van der Waals surface area contributed by atoms with Crippen LogP contribution in [0.15, 0.2) is 63.6 Å². The summed E-state index contributed by atoms with van der Waals surface area (Å²) in [5.74, 6) is 0.537. The minimum atomic E-state index is -0.273. The molecule has 1 aliphatic rings. The second kappa shape index (κ2) is 10.7. The van der Waals surface area contributed by atoms with Crippen LogP contribution in [0, 0.1) is 6.92 Å². The number of hydrogen-bond acceptors (Lipinski definition) is 7. The number of aromatic nitrogens is 2. The van der Waals surface area contributed by atoms with Crippen molar-refractivity contribution in [2.24, 2.45) is 5.10 Å². The summed E-state index contributed by atoms with van der Waals surface area (Å²) in [5, 5.41) is 5.24. The van der Waals surface area contributed by atoms with E-state index in [1.54, 1.807) is 22.1 Å². The van der Waals surface area contributed by atoms with E-state index in [0.717, 1.165) is 46.5 Å². The van der Waals surface area contributed by atoms with E-state index in [4.69, 9.17) is 9.72 Å². The fourth-order valence-corrected chi connectivity index (χ4v) is 6.31. The van der Waals surface area contributed by atoms with Crippen molar-refractivity contribution >= 4 is 45.4 Å². The maximum Gasteiger partial charge on any atom is 0.267 e. The lowest BCUT2D eigenvalue weighted by atomic mass is 10.2. The van der Waals surface area contributed by atoms with Gasteiger partial charge in [0.15, 0.2) is 5.16 Å². The molecule has 0 radical (unpaired) electrons. The van der Waals surface area contributed by atoms with E-state index < -0.39 is 0 Å². The molecule has 0 saturated heterocycles. The van der Waals surface area contributed by atoms with Gasteiger partial charge in [0.2, 0.25) is 0 Å². The van der Waals surface area contributed by atoms with Crippen LogP contribution in [0.5, 0.6) is 5.75 Å². The Kier molecular flexibility index (Phi) is 7.20. The number of thioether (sulfide) groups is 1. The molecule has 2 aromatic heterocycles. The number of hydrazone groups is 1. The average Bonchev–Trinajstić information content (AvgIpc) is 3.46. The van der Waals surface area contributed by atoms with Gasteiger partial charge in [-0.15, -0.1) is 11.3 Å². The number of nitrogens with one attached hydrogen (secondary N) is 1. The van der Waals surface area contributed by atoms with Gasteiger partial charge in [0.05, 0.1) is 29.6 Å². The molecule has 0 saturated carbocycles. The van der Waals surface area contributed by atoms with E-state index in [-0.39, 0.29) is 17.2 Å². The second-order valence-electron chi connectivity index (χ2n) is 8.49. The zero-order valence-electron chi connectivity index (χ0n) is 20.1. The highest BCUT2D eigenvalue weighted by Gasteiger charge is 2.24. The number of benzene rings is 2. The number of nitrogens with zero attached hydrogens (tertiary/aromatic N) is 3. The Morgan fingerprint density at radius 1 is 1.19 bits per heavy atom. The predicted octanol–water partition coefficient (Wildman–Crippen LogP) is 4.89. The molecule has 1 amide bonds. The first-order valence-corrected chi connectivity index (χ1v) is 13.7. The largest absolute Gasteiger partial charge is 0.494 e. The number of amides is 1. The van der Waals surface area contributed by atoms with Crippen molar-refractivity contribution < 1.29 is 9.53 Å². The van der Waals surface area contributed by atoms with Gasteiger partial charge < -0.3 is 4.74 Å². The molecule has 0 aliphatic heterocycles. The van der Waals surface area contributed by atoms with Crippen molar-refractivity contribution in [3.05, 3.63) is 80.5 Å². The molecule has 2 heterocycles. The van der Waals surface area contributed by atoms with E-state index in [2.05, 4.69) is 10.5 Å². The Labute approximate surface area is 217 Å². The Hall–Kier alpha value is -3.43. The molecule has 2 aromatic carbocycles. The Balaban J connectivity index is 1.41. The molecule has 5 rings (SSSR count). The maximum atomic E-state index is 13.7. The second-order valence-corrected chi connectivity index (χ2v) is 10.5. The lowest BCUT2D eigenvalue weighted by Crippen LogP contribution is -2.24. The van der Waals surface area contributed by atoms with Gasteiger partial charge in [-0.3, -0.25) is 14.2 Å². The van der Waals surface area contributed by atoms with Crippen LogP contribution in [0.2, 0.25) is 0 Å². The van der Waals surface area contributed by atoms with Gasteiger partial charge in [-0.05, 0) is 68.5 Å². The van der Waals surface area contributed by atoms with Crippen molar-refractivity contribution in [1.29, 1.82) is 0 Å². The fraction of sp³-hybridized carbons (Fsp3) is 0.259. The SMILES string of the molecule is CCOc1ccc(-n2c(SCC(=O)NN=Cc3ccc(C)cc3)nc3sc4c(c3c2=O)CCC4)cc1. The van der Waals surface area contributed by atoms with E-state index >= 15 is 0 Å². The summed E-state index contributed by atoms with van der Waals surface area (Å²) in [6.45, 7) is 4.51. The summed E-state index contributed by atoms with van der Waals surface area (Å²) in [5.41, 5.74) is 6.35. The molecule has 0 fully saturated rings. The quantitative estimate of drug-likeness (QED) is 0.155. The van der Waals surface area contributed by atoms with Crippen LogP contribution in [0.25, 0.3) is 15.9 Å². The number of ether oxygens (including phenoxy) is 1.